The fourth-order valence-electron chi connectivity index (χ4n) is 3.12. The molecule has 1 aromatic carbocycles. The van der Waals surface area contributed by atoms with Crippen molar-refractivity contribution in [1.29, 1.82) is 0 Å². The molecule has 0 bridgehead atoms. The van der Waals surface area contributed by atoms with E-state index in [1.54, 1.807) is 29.2 Å². The highest BCUT2D eigenvalue weighted by Crippen LogP contribution is 2.18. The molecule has 1 atom stereocenters. The van der Waals surface area contributed by atoms with E-state index >= 15 is 0 Å². The molecule has 1 aromatic rings. The summed E-state index contributed by atoms with van der Waals surface area (Å²) in [4.78, 5) is 37.2. The third-order valence-corrected chi connectivity index (χ3v) is 4.50. The average molecular weight is 346 g/mol. The minimum Gasteiger partial charge on any atom is -0.478 e. The topological polar surface area (TPSA) is 86.7 Å². The molecule has 1 saturated heterocycles. The maximum atomic E-state index is 12.5. The zero-order valence-electron chi connectivity index (χ0n) is 14.7. The van der Waals surface area contributed by atoms with Gasteiger partial charge in [-0.2, -0.15) is 0 Å². The number of nitrogens with zero attached hydrogens (tertiary/aromatic N) is 1. The smallest absolute Gasteiger partial charge is 0.335 e. The van der Waals surface area contributed by atoms with Crippen molar-refractivity contribution in [2.45, 2.75) is 51.5 Å². The standard InChI is InChI=1S/C19H26N2O4/c1-2-5-17(22)21-13-4-3-6-16(21)18(23)20-12-11-14-7-9-15(10-8-14)19(24)25/h7-10,16H,2-6,11-13H2,1H3,(H,20,23)(H,24,25). The first kappa shape index (κ1) is 19.0. The van der Waals surface area contributed by atoms with E-state index in [1.165, 1.54) is 0 Å². The molecule has 2 N–H and O–H groups in total. The van der Waals surface area contributed by atoms with Gasteiger partial charge in [0.25, 0.3) is 0 Å². The number of carboxylic acid groups (broad SMARTS) is 1. The summed E-state index contributed by atoms with van der Waals surface area (Å²) < 4.78 is 0. The predicted molar refractivity (Wildman–Crippen MR) is 94.4 cm³/mol. The van der Waals surface area contributed by atoms with E-state index in [0.29, 0.717) is 32.4 Å². The highest BCUT2D eigenvalue weighted by atomic mass is 16.4. The lowest BCUT2D eigenvalue weighted by molar-refractivity contribution is -0.142. The Balaban J connectivity index is 1.85. The lowest BCUT2D eigenvalue weighted by atomic mass is 10.0. The average Bonchev–Trinajstić information content (AvgIpc) is 2.62. The summed E-state index contributed by atoms with van der Waals surface area (Å²) >= 11 is 0. The summed E-state index contributed by atoms with van der Waals surface area (Å²) in [5.74, 6) is -0.980. The first-order chi connectivity index (χ1) is 12.0. The third kappa shape index (κ3) is 5.31. The Hall–Kier alpha value is -2.37. The number of hydrogen-bond donors (Lipinski definition) is 2. The van der Waals surface area contributed by atoms with E-state index in [-0.39, 0.29) is 23.4 Å². The molecular formula is C19H26N2O4. The molecule has 0 saturated carbocycles. The molecule has 2 amide bonds. The SMILES string of the molecule is CCCC(=O)N1CCCCC1C(=O)NCCc1ccc(C(=O)O)cc1. The number of hydrogen-bond acceptors (Lipinski definition) is 3. The van der Waals surface area contributed by atoms with Gasteiger partial charge in [0.1, 0.15) is 6.04 Å². The van der Waals surface area contributed by atoms with Gasteiger partial charge in [0.2, 0.25) is 11.8 Å². The number of piperidine rings is 1. The van der Waals surface area contributed by atoms with Crippen molar-refractivity contribution in [1.82, 2.24) is 10.2 Å². The molecule has 6 heteroatoms. The van der Waals surface area contributed by atoms with E-state index in [4.69, 9.17) is 5.11 Å². The first-order valence-corrected chi connectivity index (χ1v) is 8.92. The number of aromatic carboxylic acids is 1. The highest BCUT2D eigenvalue weighted by Gasteiger charge is 2.31. The summed E-state index contributed by atoms with van der Waals surface area (Å²) in [5, 5.41) is 11.8. The van der Waals surface area contributed by atoms with Gasteiger partial charge in [0.15, 0.2) is 0 Å². The fourth-order valence-corrected chi connectivity index (χ4v) is 3.12. The number of nitrogens with one attached hydrogen (secondary N) is 1. The van der Waals surface area contributed by atoms with Crippen molar-refractivity contribution >= 4 is 17.8 Å². The quantitative estimate of drug-likeness (QED) is 0.792. The van der Waals surface area contributed by atoms with Gasteiger partial charge in [0.05, 0.1) is 5.56 Å². The Morgan fingerprint density at radius 1 is 1.20 bits per heavy atom. The molecule has 2 rings (SSSR count). The van der Waals surface area contributed by atoms with E-state index in [2.05, 4.69) is 5.32 Å². The fraction of sp³-hybridized carbons (Fsp3) is 0.526. The molecule has 1 aliphatic heterocycles. The summed E-state index contributed by atoms with van der Waals surface area (Å²) in [5.41, 5.74) is 1.22. The largest absolute Gasteiger partial charge is 0.478 e. The van der Waals surface area contributed by atoms with Crippen LogP contribution in [-0.4, -0.2) is 46.9 Å². The summed E-state index contributed by atoms with van der Waals surface area (Å²) in [6, 6.07) is 6.28. The van der Waals surface area contributed by atoms with Crippen LogP contribution in [0.15, 0.2) is 24.3 Å². The highest BCUT2D eigenvalue weighted by molar-refractivity contribution is 5.88. The van der Waals surface area contributed by atoms with E-state index < -0.39 is 5.97 Å². The van der Waals surface area contributed by atoms with Gasteiger partial charge in [-0.25, -0.2) is 4.79 Å². The van der Waals surface area contributed by atoms with Crippen LogP contribution in [-0.2, 0) is 16.0 Å². The Bertz CT molecular complexity index is 612. The second kappa shape index (κ2) is 9.20. The lowest BCUT2D eigenvalue weighted by Crippen LogP contribution is -2.52. The van der Waals surface area contributed by atoms with Crippen molar-refractivity contribution in [2.24, 2.45) is 0 Å². The van der Waals surface area contributed by atoms with Crippen molar-refractivity contribution < 1.29 is 19.5 Å². The lowest BCUT2D eigenvalue weighted by Gasteiger charge is -2.34. The molecule has 0 aromatic heterocycles. The number of carbonyl (C=O) groups is 3. The Morgan fingerprint density at radius 2 is 1.92 bits per heavy atom. The minimum absolute atomic E-state index is 0.0617. The molecule has 1 fully saturated rings. The Kier molecular flexibility index (Phi) is 6.98. The molecule has 1 aliphatic rings. The normalized spacial score (nSPS) is 17.2. The number of amides is 2. The van der Waals surface area contributed by atoms with Crippen molar-refractivity contribution in [3.8, 4) is 0 Å². The van der Waals surface area contributed by atoms with Gasteiger partial charge >= 0.3 is 5.97 Å². The van der Waals surface area contributed by atoms with E-state index in [0.717, 1.165) is 24.8 Å². The van der Waals surface area contributed by atoms with Crippen LogP contribution >= 0.6 is 0 Å². The predicted octanol–water partition coefficient (Wildman–Crippen LogP) is 2.22. The number of carboxylic acids is 1. The van der Waals surface area contributed by atoms with Crippen LogP contribution in [0.25, 0.3) is 0 Å². The Morgan fingerprint density at radius 3 is 2.56 bits per heavy atom. The molecule has 136 valence electrons. The van der Waals surface area contributed by atoms with Gasteiger partial charge in [-0.05, 0) is 49.8 Å². The monoisotopic (exact) mass is 346 g/mol. The van der Waals surface area contributed by atoms with E-state index in [9.17, 15) is 14.4 Å². The summed E-state index contributed by atoms with van der Waals surface area (Å²) in [6.07, 6.45) is 4.53. The van der Waals surface area contributed by atoms with Gasteiger partial charge in [0, 0.05) is 19.5 Å². The van der Waals surface area contributed by atoms with Crippen LogP contribution in [0.1, 0.15) is 54.9 Å². The Labute approximate surface area is 148 Å². The molecule has 1 heterocycles. The zero-order valence-corrected chi connectivity index (χ0v) is 14.7. The van der Waals surface area contributed by atoms with Crippen LogP contribution in [0, 0.1) is 0 Å². The second-order valence-electron chi connectivity index (χ2n) is 6.39. The molecule has 0 spiro atoms. The molecule has 0 radical (unpaired) electrons. The van der Waals surface area contributed by atoms with Crippen LogP contribution < -0.4 is 5.32 Å². The molecular weight excluding hydrogens is 320 g/mol. The van der Waals surface area contributed by atoms with Gasteiger partial charge in [-0.1, -0.05) is 19.1 Å². The van der Waals surface area contributed by atoms with E-state index in [1.807, 2.05) is 6.92 Å². The number of likely N-dealkylation sites (tertiary alicyclic amines) is 1. The van der Waals surface area contributed by atoms with Crippen LogP contribution in [0.3, 0.4) is 0 Å². The molecule has 25 heavy (non-hydrogen) atoms. The minimum atomic E-state index is -0.950. The number of rotatable bonds is 7. The maximum Gasteiger partial charge on any atom is 0.335 e. The van der Waals surface area contributed by atoms with Crippen LogP contribution in [0.5, 0.6) is 0 Å². The van der Waals surface area contributed by atoms with Crippen LogP contribution in [0.2, 0.25) is 0 Å². The van der Waals surface area contributed by atoms with Crippen molar-refractivity contribution in [2.75, 3.05) is 13.1 Å². The molecule has 0 aliphatic carbocycles. The molecule has 6 nitrogen and oxygen atoms in total. The number of benzene rings is 1. The second-order valence-corrected chi connectivity index (χ2v) is 6.39. The third-order valence-electron chi connectivity index (χ3n) is 4.50. The van der Waals surface area contributed by atoms with Gasteiger partial charge < -0.3 is 15.3 Å². The van der Waals surface area contributed by atoms with Gasteiger partial charge in [-0.3, -0.25) is 9.59 Å². The molecule has 1 unspecified atom stereocenters. The van der Waals surface area contributed by atoms with Crippen LogP contribution in [0.4, 0.5) is 0 Å². The van der Waals surface area contributed by atoms with Crippen molar-refractivity contribution in [3.63, 3.8) is 0 Å². The number of carbonyl (C=O) groups excluding carboxylic acids is 2. The van der Waals surface area contributed by atoms with Gasteiger partial charge in [-0.15, -0.1) is 0 Å². The maximum absolute atomic E-state index is 12.5. The zero-order chi connectivity index (χ0) is 18.2. The summed E-state index contributed by atoms with van der Waals surface area (Å²) in [6.45, 7) is 3.09. The summed E-state index contributed by atoms with van der Waals surface area (Å²) in [7, 11) is 0. The first-order valence-electron chi connectivity index (χ1n) is 8.92. The van der Waals surface area contributed by atoms with Crippen molar-refractivity contribution in [3.05, 3.63) is 35.4 Å².